The lowest BCUT2D eigenvalue weighted by molar-refractivity contribution is 0.196. The van der Waals surface area contributed by atoms with E-state index in [9.17, 15) is 9.18 Å². The first-order chi connectivity index (χ1) is 9.75. The van der Waals surface area contributed by atoms with Crippen LogP contribution in [0.1, 0.15) is 0 Å². The molecule has 0 unspecified atom stereocenters. The minimum Gasteiger partial charge on any atom is -0.366 e. The Morgan fingerprint density at radius 2 is 1.90 bits per heavy atom. The first-order valence-corrected chi connectivity index (χ1v) is 6.52. The van der Waals surface area contributed by atoms with E-state index in [1.54, 1.807) is 29.4 Å². The number of rotatable bonds is 1. The number of nitrogens with zero attached hydrogens (tertiary/aromatic N) is 4. The summed E-state index contributed by atoms with van der Waals surface area (Å²) in [5.74, 6) is -0.220. The Hall–Kier alpha value is -2.37. The summed E-state index contributed by atoms with van der Waals surface area (Å²) in [5.41, 5.74) is 0.599. The highest BCUT2D eigenvalue weighted by Gasteiger charge is 2.23. The van der Waals surface area contributed by atoms with Crippen molar-refractivity contribution in [2.75, 3.05) is 31.1 Å². The van der Waals surface area contributed by atoms with Crippen molar-refractivity contribution in [3.63, 3.8) is 0 Å². The van der Waals surface area contributed by atoms with Gasteiger partial charge in [0.25, 0.3) is 0 Å². The Balaban J connectivity index is 1.65. The normalized spacial score (nSPS) is 15.4. The third kappa shape index (κ3) is 2.36. The number of para-hydroxylation sites is 1. The van der Waals surface area contributed by atoms with Crippen LogP contribution < -0.4 is 4.90 Å². The molecule has 0 aliphatic carbocycles. The van der Waals surface area contributed by atoms with E-state index in [4.69, 9.17) is 0 Å². The van der Waals surface area contributed by atoms with Gasteiger partial charge in [0.1, 0.15) is 12.1 Å². The molecule has 1 saturated heterocycles. The second kappa shape index (κ2) is 5.32. The predicted octanol–water partition coefficient (Wildman–Crippen LogP) is 1.81. The van der Waals surface area contributed by atoms with Crippen molar-refractivity contribution in [2.45, 2.75) is 0 Å². The van der Waals surface area contributed by atoms with Crippen LogP contribution in [0.25, 0.3) is 0 Å². The second-order valence-corrected chi connectivity index (χ2v) is 4.68. The van der Waals surface area contributed by atoms with Crippen LogP contribution in [0.2, 0.25) is 0 Å². The van der Waals surface area contributed by atoms with Crippen molar-refractivity contribution < 1.29 is 9.18 Å². The van der Waals surface area contributed by atoms with Crippen molar-refractivity contribution in [1.82, 2.24) is 14.5 Å². The fourth-order valence-electron chi connectivity index (χ4n) is 2.38. The molecule has 1 aliphatic rings. The molecule has 1 aliphatic heterocycles. The molecule has 5 nitrogen and oxygen atoms in total. The maximum absolute atomic E-state index is 13.7. The molecule has 0 radical (unpaired) electrons. The molecule has 0 spiro atoms. The molecule has 3 rings (SSSR count). The van der Waals surface area contributed by atoms with Gasteiger partial charge in [-0.2, -0.15) is 0 Å². The molecule has 0 saturated carbocycles. The van der Waals surface area contributed by atoms with Gasteiger partial charge in [-0.1, -0.05) is 12.1 Å². The van der Waals surface area contributed by atoms with Crippen molar-refractivity contribution >= 4 is 11.7 Å². The Morgan fingerprint density at radius 1 is 1.15 bits per heavy atom. The molecule has 20 heavy (non-hydrogen) atoms. The van der Waals surface area contributed by atoms with Crippen LogP contribution in [0.15, 0.2) is 43.0 Å². The van der Waals surface area contributed by atoms with Gasteiger partial charge in [0.2, 0.25) is 0 Å². The zero-order valence-corrected chi connectivity index (χ0v) is 10.9. The lowest BCUT2D eigenvalue weighted by Gasteiger charge is -2.36. The Kier molecular flexibility index (Phi) is 3.37. The first-order valence-electron chi connectivity index (χ1n) is 6.52. The van der Waals surface area contributed by atoms with Gasteiger partial charge in [-0.05, 0) is 12.1 Å². The van der Waals surface area contributed by atoms with E-state index in [1.165, 1.54) is 17.0 Å². The monoisotopic (exact) mass is 274 g/mol. The van der Waals surface area contributed by atoms with Crippen LogP contribution in [0.4, 0.5) is 14.9 Å². The zero-order valence-electron chi connectivity index (χ0n) is 10.9. The smallest absolute Gasteiger partial charge is 0.329 e. The van der Waals surface area contributed by atoms with Crippen molar-refractivity contribution in [3.05, 3.63) is 48.8 Å². The van der Waals surface area contributed by atoms with Crippen LogP contribution in [0.3, 0.4) is 0 Å². The van der Waals surface area contributed by atoms with Gasteiger partial charge in [-0.15, -0.1) is 0 Å². The van der Waals surface area contributed by atoms with Gasteiger partial charge in [0, 0.05) is 38.6 Å². The fourth-order valence-corrected chi connectivity index (χ4v) is 2.38. The fraction of sp³-hybridized carbons (Fsp3) is 0.286. The number of hydrogen-bond donors (Lipinski definition) is 0. The second-order valence-electron chi connectivity index (χ2n) is 4.68. The van der Waals surface area contributed by atoms with E-state index in [0.717, 1.165) is 0 Å². The van der Waals surface area contributed by atoms with E-state index >= 15 is 0 Å². The lowest BCUT2D eigenvalue weighted by atomic mass is 10.2. The summed E-state index contributed by atoms with van der Waals surface area (Å²) in [5, 5.41) is 0. The summed E-state index contributed by atoms with van der Waals surface area (Å²) in [6.07, 6.45) is 4.70. The third-order valence-electron chi connectivity index (χ3n) is 3.47. The molecule has 1 aromatic heterocycles. The molecular formula is C14H15FN4O. The average molecular weight is 274 g/mol. The number of hydrogen-bond acceptors (Lipinski definition) is 3. The zero-order chi connectivity index (χ0) is 13.9. The van der Waals surface area contributed by atoms with Crippen molar-refractivity contribution in [3.8, 4) is 0 Å². The maximum atomic E-state index is 13.7. The lowest BCUT2D eigenvalue weighted by Crippen LogP contribution is -2.50. The highest BCUT2D eigenvalue weighted by molar-refractivity contribution is 5.77. The molecule has 1 amide bonds. The highest BCUT2D eigenvalue weighted by atomic mass is 19.1. The number of piperazine rings is 1. The predicted molar refractivity (Wildman–Crippen MR) is 73.2 cm³/mol. The summed E-state index contributed by atoms with van der Waals surface area (Å²) in [4.78, 5) is 19.7. The molecule has 0 N–H and O–H groups in total. The van der Waals surface area contributed by atoms with E-state index in [2.05, 4.69) is 4.98 Å². The molecule has 0 bridgehead atoms. The number of carbonyl (C=O) groups is 1. The number of benzene rings is 1. The average Bonchev–Trinajstić information content (AvgIpc) is 3.01. The molecule has 2 heterocycles. The maximum Gasteiger partial charge on any atom is 0.329 e. The van der Waals surface area contributed by atoms with E-state index in [-0.39, 0.29) is 11.8 Å². The third-order valence-corrected chi connectivity index (χ3v) is 3.47. The number of amides is 1. The quantitative estimate of drug-likeness (QED) is 0.796. The number of aromatic nitrogens is 2. The van der Waals surface area contributed by atoms with Gasteiger partial charge >= 0.3 is 6.03 Å². The summed E-state index contributed by atoms with van der Waals surface area (Å²) < 4.78 is 15.2. The first kappa shape index (κ1) is 12.7. The molecule has 0 atom stereocenters. The summed E-state index contributed by atoms with van der Waals surface area (Å²) in [6, 6.07) is 6.64. The van der Waals surface area contributed by atoms with Crippen LogP contribution in [0, 0.1) is 5.82 Å². The van der Waals surface area contributed by atoms with Gasteiger partial charge in [0.15, 0.2) is 0 Å². The molecular weight excluding hydrogens is 259 g/mol. The summed E-state index contributed by atoms with van der Waals surface area (Å²) in [7, 11) is 0. The molecule has 1 aromatic carbocycles. The Morgan fingerprint density at radius 3 is 2.55 bits per heavy atom. The molecule has 1 fully saturated rings. The van der Waals surface area contributed by atoms with Gasteiger partial charge < -0.3 is 9.80 Å². The Labute approximate surface area is 116 Å². The highest BCUT2D eigenvalue weighted by Crippen LogP contribution is 2.20. The number of anilines is 1. The Bertz CT molecular complexity index is 591. The topological polar surface area (TPSA) is 41.4 Å². The summed E-state index contributed by atoms with van der Waals surface area (Å²) in [6.45, 7) is 2.40. The van der Waals surface area contributed by atoms with E-state index < -0.39 is 0 Å². The van der Waals surface area contributed by atoms with Gasteiger partial charge in [0.05, 0.1) is 5.69 Å². The SMILES string of the molecule is O=C(N1CCN(c2ccccc2F)CC1)n1ccnc1. The largest absolute Gasteiger partial charge is 0.366 e. The molecule has 104 valence electrons. The number of carbonyl (C=O) groups excluding carboxylic acids is 1. The number of imidazole rings is 1. The van der Waals surface area contributed by atoms with Crippen molar-refractivity contribution in [2.24, 2.45) is 0 Å². The molecule has 2 aromatic rings. The number of halogens is 1. The van der Waals surface area contributed by atoms with Crippen LogP contribution in [0.5, 0.6) is 0 Å². The van der Waals surface area contributed by atoms with Gasteiger partial charge in [-0.25, -0.2) is 14.2 Å². The molecule has 6 heteroatoms. The van der Waals surface area contributed by atoms with Crippen LogP contribution >= 0.6 is 0 Å². The van der Waals surface area contributed by atoms with E-state index in [0.29, 0.717) is 31.9 Å². The summed E-state index contributed by atoms with van der Waals surface area (Å²) >= 11 is 0. The van der Waals surface area contributed by atoms with Crippen LogP contribution in [-0.4, -0.2) is 46.7 Å². The minimum atomic E-state index is -0.220. The van der Waals surface area contributed by atoms with E-state index in [1.807, 2.05) is 11.0 Å². The van der Waals surface area contributed by atoms with Crippen LogP contribution in [-0.2, 0) is 0 Å². The minimum absolute atomic E-state index is 0.0873. The van der Waals surface area contributed by atoms with Gasteiger partial charge in [-0.3, -0.25) is 4.57 Å². The standard InChI is InChI=1S/C14H15FN4O/c15-12-3-1-2-4-13(12)17-7-9-18(10-8-17)14(20)19-6-5-16-11-19/h1-6,11H,7-10H2. The van der Waals surface area contributed by atoms with Crippen molar-refractivity contribution in [1.29, 1.82) is 0 Å².